The maximum atomic E-state index is 12.0. The van der Waals surface area contributed by atoms with Crippen LogP contribution in [0, 0.1) is 0 Å². The van der Waals surface area contributed by atoms with Crippen LogP contribution in [0.5, 0.6) is 0 Å². The molecule has 128 valence electrons. The fourth-order valence-corrected chi connectivity index (χ4v) is 2.84. The molecular weight excluding hydrogens is 294 g/mol. The topological polar surface area (TPSA) is 83.4 Å². The van der Waals surface area contributed by atoms with E-state index in [1.165, 1.54) is 51.1 Å². The van der Waals surface area contributed by atoms with Gasteiger partial charge in [0.25, 0.3) is 5.91 Å². The van der Waals surface area contributed by atoms with Gasteiger partial charge in [-0.15, -0.1) is 0 Å². The summed E-state index contributed by atoms with van der Waals surface area (Å²) in [5.74, 6) is -0.484. The van der Waals surface area contributed by atoms with Crippen molar-refractivity contribution in [3.05, 3.63) is 24.2 Å². The molecule has 2 rings (SSSR count). The Morgan fingerprint density at radius 2 is 1.96 bits per heavy atom. The summed E-state index contributed by atoms with van der Waals surface area (Å²) >= 11 is 0. The van der Waals surface area contributed by atoms with Crippen molar-refractivity contribution in [2.24, 2.45) is 0 Å². The van der Waals surface area contributed by atoms with Gasteiger partial charge in [0.2, 0.25) is 5.91 Å². The fraction of sp³-hybridized carbons (Fsp3) is 0.647. The molecule has 1 aromatic rings. The zero-order valence-electron chi connectivity index (χ0n) is 13.8. The minimum absolute atomic E-state index is 0.176. The van der Waals surface area contributed by atoms with Gasteiger partial charge in [0.15, 0.2) is 0 Å². The smallest absolute Gasteiger partial charge is 0.255 e. The minimum atomic E-state index is -0.574. The van der Waals surface area contributed by atoms with Gasteiger partial charge in [-0.3, -0.25) is 9.59 Å². The lowest BCUT2D eigenvalue weighted by Crippen LogP contribution is -2.46. The zero-order chi connectivity index (χ0) is 16.5. The van der Waals surface area contributed by atoms with Crippen molar-refractivity contribution in [3.63, 3.8) is 0 Å². The molecule has 1 aliphatic rings. The van der Waals surface area contributed by atoms with Crippen molar-refractivity contribution >= 4 is 11.8 Å². The molecular formula is C17H27N3O3. The highest BCUT2D eigenvalue weighted by Gasteiger charge is 2.17. The second-order valence-electron chi connectivity index (χ2n) is 6.14. The number of carbonyl (C=O) groups excluding carboxylic acids is 2. The minimum Gasteiger partial charge on any atom is -0.472 e. The van der Waals surface area contributed by atoms with Gasteiger partial charge in [-0.05, 0) is 25.8 Å². The number of rotatable bonds is 7. The van der Waals surface area contributed by atoms with Gasteiger partial charge in [0.1, 0.15) is 12.3 Å². The number of amides is 2. The van der Waals surface area contributed by atoms with Crippen molar-refractivity contribution in [3.8, 4) is 0 Å². The fourth-order valence-electron chi connectivity index (χ4n) is 2.84. The molecule has 6 heteroatoms. The van der Waals surface area contributed by atoms with Crippen molar-refractivity contribution in [2.45, 2.75) is 57.5 Å². The molecule has 1 unspecified atom stereocenters. The van der Waals surface area contributed by atoms with Crippen LogP contribution in [0.25, 0.3) is 0 Å². The van der Waals surface area contributed by atoms with Crippen LogP contribution >= 0.6 is 0 Å². The SMILES string of the molecule is CC(NC(=O)c1ccoc1)C(=O)NCCNC1CCCCCC1. The summed E-state index contributed by atoms with van der Waals surface area (Å²) in [6.45, 7) is 3.01. The first-order valence-corrected chi connectivity index (χ1v) is 8.51. The van der Waals surface area contributed by atoms with Crippen LogP contribution in [-0.2, 0) is 4.79 Å². The Morgan fingerprint density at radius 3 is 2.61 bits per heavy atom. The monoisotopic (exact) mass is 321 g/mol. The van der Waals surface area contributed by atoms with E-state index in [2.05, 4.69) is 16.0 Å². The third kappa shape index (κ3) is 6.06. The van der Waals surface area contributed by atoms with E-state index in [-0.39, 0.29) is 11.8 Å². The van der Waals surface area contributed by atoms with Crippen LogP contribution in [0.4, 0.5) is 0 Å². The molecule has 1 saturated carbocycles. The molecule has 0 spiro atoms. The summed E-state index contributed by atoms with van der Waals surface area (Å²) in [5.41, 5.74) is 0.416. The molecule has 1 fully saturated rings. The second kappa shape index (κ2) is 9.35. The van der Waals surface area contributed by atoms with Crippen LogP contribution in [0.15, 0.2) is 23.0 Å². The Bertz CT molecular complexity index is 479. The Hall–Kier alpha value is -1.82. The molecule has 0 aromatic carbocycles. The standard InChI is InChI=1S/C17H27N3O3/c1-13(20-17(22)14-8-11-23-12-14)16(21)19-10-9-18-15-6-4-2-3-5-7-15/h8,11-13,15,18H,2-7,9-10H2,1H3,(H,19,21)(H,20,22). The van der Waals surface area contributed by atoms with E-state index in [0.29, 0.717) is 18.2 Å². The van der Waals surface area contributed by atoms with Crippen molar-refractivity contribution in [1.82, 2.24) is 16.0 Å². The van der Waals surface area contributed by atoms with E-state index in [9.17, 15) is 9.59 Å². The van der Waals surface area contributed by atoms with Gasteiger partial charge in [-0.25, -0.2) is 0 Å². The molecule has 0 saturated heterocycles. The van der Waals surface area contributed by atoms with Crippen LogP contribution in [-0.4, -0.2) is 37.0 Å². The van der Waals surface area contributed by atoms with Gasteiger partial charge < -0.3 is 20.4 Å². The molecule has 23 heavy (non-hydrogen) atoms. The molecule has 0 aliphatic heterocycles. The number of hydrogen-bond acceptors (Lipinski definition) is 4. The third-order valence-corrected chi connectivity index (χ3v) is 4.24. The summed E-state index contributed by atoms with van der Waals surface area (Å²) in [7, 11) is 0. The number of nitrogens with one attached hydrogen (secondary N) is 3. The van der Waals surface area contributed by atoms with Gasteiger partial charge >= 0.3 is 0 Å². The first kappa shape index (κ1) is 17.5. The first-order valence-electron chi connectivity index (χ1n) is 8.51. The number of hydrogen-bond donors (Lipinski definition) is 3. The van der Waals surface area contributed by atoms with Crippen molar-refractivity contribution in [2.75, 3.05) is 13.1 Å². The van der Waals surface area contributed by atoms with Crippen molar-refractivity contribution < 1.29 is 14.0 Å². The molecule has 2 amide bonds. The highest BCUT2D eigenvalue weighted by atomic mass is 16.3. The van der Waals surface area contributed by atoms with Gasteiger partial charge in [0.05, 0.1) is 11.8 Å². The second-order valence-corrected chi connectivity index (χ2v) is 6.14. The predicted molar refractivity (Wildman–Crippen MR) is 88.1 cm³/mol. The van der Waals surface area contributed by atoms with E-state index in [1.54, 1.807) is 13.0 Å². The van der Waals surface area contributed by atoms with E-state index in [0.717, 1.165) is 6.54 Å². The maximum Gasteiger partial charge on any atom is 0.255 e. The molecule has 1 heterocycles. The quantitative estimate of drug-likeness (QED) is 0.528. The Labute approximate surface area is 137 Å². The average Bonchev–Trinajstić information content (AvgIpc) is 2.96. The van der Waals surface area contributed by atoms with Crippen LogP contribution < -0.4 is 16.0 Å². The zero-order valence-corrected chi connectivity index (χ0v) is 13.8. The molecule has 3 N–H and O–H groups in total. The summed E-state index contributed by atoms with van der Waals surface area (Å²) in [6.07, 6.45) is 10.5. The Balaban J connectivity index is 1.61. The van der Waals surface area contributed by atoms with E-state index < -0.39 is 6.04 Å². The molecule has 6 nitrogen and oxygen atoms in total. The van der Waals surface area contributed by atoms with Gasteiger partial charge in [-0.1, -0.05) is 25.7 Å². The predicted octanol–water partition coefficient (Wildman–Crippen LogP) is 1.83. The molecule has 1 aliphatic carbocycles. The molecule has 0 radical (unpaired) electrons. The normalized spacial score (nSPS) is 17.3. The lowest BCUT2D eigenvalue weighted by Gasteiger charge is -2.17. The Kier molecular flexibility index (Phi) is 7.13. The summed E-state index contributed by atoms with van der Waals surface area (Å²) in [6, 6.07) is 1.57. The molecule has 1 atom stereocenters. The number of carbonyl (C=O) groups is 2. The Morgan fingerprint density at radius 1 is 1.22 bits per heavy atom. The highest BCUT2D eigenvalue weighted by Crippen LogP contribution is 2.16. The molecule has 0 bridgehead atoms. The highest BCUT2D eigenvalue weighted by molar-refractivity contribution is 5.97. The maximum absolute atomic E-state index is 12.0. The molecule has 1 aromatic heterocycles. The summed E-state index contributed by atoms with van der Waals surface area (Å²) in [4.78, 5) is 23.8. The third-order valence-electron chi connectivity index (χ3n) is 4.24. The van der Waals surface area contributed by atoms with Gasteiger partial charge in [0, 0.05) is 19.1 Å². The summed E-state index contributed by atoms with van der Waals surface area (Å²) < 4.78 is 4.85. The lowest BCUT2D eigenvalue weighted by atomic mass is 10.1. The van der Waals surface area contributed by atoms with Crippen LogP contribution in [0.2, 0.25) is 0 Å². The van der Waals surface area contributed by atoms with Gasteiger partial charge in [-0.2, -0.15) is 0 Å². The van der Waals surface area contributed by atoms with E-state index >= 15 is 0 Å². The lowest BCUT2D eigenvalue weighted by molar-refractivity contribution is -0.122. The van der Waals surface area contributed by atoms with Crippen molar-refractivity contribution in [1.29, 1.82) is 0 Å². The largest absolute Gasteiger partial charge is 0.472 e. The first-order chi connectivity index (χ1) is 11.2. The summed E-state index contributed by atoms with van der Waals surface area (Å²) in [5, 5.41) is 9.00. The van der Waals surface area contributed by atoms with E-state index in [1.807, 2.05) is 0 Å². The number of furan rings is 1. The van der Waals surface area contributed by atoms with Crippen LogP contribution in [0.1, 0.15) is 55.8 Å². The van der Waals surface area contributed by atoms with Crippen LogP contribution in [0.3, 0.4) is 0 Å². The average molecular weight is 321 g/mol. The van der Waals surface area contributed by atoms with E-state index in [4.69, 9.17) is 4.42 Å².